The Morgan fingerprint density at radius 3 is 2.24 bits per heavy atom. The largest absolute Gasteiger partial charge is 0.396 e. The molecule has 1 rings (SSSR count). The van der Waals surface area contributed by atoms with Crippen molar-refractivity contribution < 1.29 is 18.3 Å². The molecule has 1 aromatic rings. The van der Waals surface area contributed by atoms with E-state index in [-0.39, 0.29) is 23.5 Å². The normalized spacial score (nSPS) is 14.1. The van der Waals surface area contributed by atoms with Crippen LogP contribution in [0.4, 0.5) is 0 Å². The highest BCUT2D eigenvalue weighted by Gasteiger charge is 2.21. The van der Waals surface area contributed by atoms with Crippen LogP contribution in [0.5, 0.6) is 0 Å². The quantitative estimate of drug-likeness (QED) is 0.802. The standard InChI is InChI=1S/C15H25NO4S/c1-15(2,3)12-5-7-14(8-6-12)21(18,19)16-13(9-10-17)11-20-4/h5-8,13,16-17H,9-11H2,1-4H3. The van der Waals surface area contributed by atoms with E-state index < -0.39 is 16.1 Å². The highest BCUT2D eigenvalue weighted by atomic mass is 32.2. The van der Waals surface area contributed by atoms with Gasteiger partial charge in [0.2, 0.25) is 10.0 Å². The molecule has 0 aliphatic rings. The van der Waals surface area contributed by atoms with Crippen molar-refractivity contribution in [3.8, 4) is 0 Å². The Balaban J connectivity index is 2.92. The summed E-state index contributed by atoms with van der Waals surface area (Å²) >= 11 is 0. The van der Waals surface area contributed by atoms with Crippen LogP contribution in [0.15, 0.2) is 29.2 Å². The van der Waals surface area contributed by atoms with E-state index in [1.165, 1.54) is 7.11 Å². The summed E-state index contributed by atoms with van der Waals surface area (Å²) in [5, 5.41) is 8.97. The lowest BCUT2D eigenvalue weighted by Gasteiger charge is -2.20. The molecule has 0 saturated heterocycles. The summed E-state index contributed by atoms with van der Waals surface area (Å²) in [6.07, 6.45) is 0.313. The van der Waals surface area contributed by atoms with Gasteiger partial charge in [-0.05, 0) is 29.5 Å². The fraction of sp³-hybridized carbons (Fsp3) is 0.600. The zero-order valence-electron chi connectivity index (χ0n) is 13.1. The van der Waals surface area contributed by atoms with Gasteiger partial charge in [-0.2, -0.15) is 0 Å². The Bertz CT molecular complexity index is 526. The minimum Gasteiger partial charge on any atom is -0.396 e. The maximum atomic E-state index is 12.3. The molecular formula is C15H25NO4S. The van der Waals surface area contributed by atoms with E-state index in [1.54, 1.807) is 12.1 Å². The van der Waals surface area contributed by atoms with Gasteiger partial charge < -0.3 is 9.84 Å². The Labute approximate surface area is 127 Å². The van der Waals surface area contributed by atoms with Gasteiger partial charge in [-0.15, -0.1) is 0 Å². The molecule has 1 unspecified atom stereocenters. The molecule has 1 aromatic carbocycles. The summed E-state index contributed by atoms with van der Waals surface area (Å²) in [6, 6.07) is 6.42. The topological polar surface area (TPSA) is 75.6 Å². The van der Waals surface area contributed by atoms with Crippen molar-refractivity contribution >= 4 is 10.0 Å². The van der Waals surface area contributed by atoms with Crippen LogP contribution < -0.4 is 4.72 Å². The van der Waals surface area contributed by atoms with Gasteiger partial charge in [-0.25, -0.2) is 13.1 Å². The number of hydrogen-bond donors (Lipinski definition) is 2. The van der Waals surface area contributed by atoms with Crippen LogP contribution in [0.3, 0.4) is 0 Å². The first-order valence-corrected chi connectivity index (χ1v) is 8.41. The third kappa shape index (κ3) is 5.39. The van der Waals surface area contributed by atoms with Crippen LogP contribution in [-0.4, -0.2) is 39.9 Å². The Morgan fingerprint density at radius 1 is 1.24 bits per heavy atom. The third-order valence-corrected chi connectivity index (χ3v) is 4.73. The summed E-state index contributed by atoms with van der Waals surface area (Å²) in [7, 11) is -2.11. The van der Waals surface area contributed by atoms with Gasteiger partial charge in [-0.1, -0.05) is 32.9 Å². The Kier molecular flexibility index (Phi) is 6.34. The molecule has 0 fully saturated rings. The van der Waals surface area contributed by atoms with Crippen molar-refractivity contribution in [2.24, 2.45) is 0 Å². The van der Waals surface area contributed by atoms with Gasteiger partial charge in [0.1, 0.15) is 0 Å². The van der Waals surface area contributed by atoms with Gasteiger partial charge in [0.15, 0.2) is 0 Å². The SMILES string of the molecule is COCC(CCO)NS(=O)(=O)c1ccc(C(C)(C)C)cc1. The molecule has 5 nitrogen and oxygen atoms in total. The number of hydrogen-bond acceptors (Lipinski definition) is 4. The second-order valence-electron chi connectivity index (χ2n) is 6.06. The zero-order chi connectivity index (χ0) is 16.1. The molecular weight excluding hydrogens is 290 g/mol. The van der Waals surface area contributed by atoms with E-state index in [0.717, 1.165) is 5.56 Å². The molecule has 0 amide bonds. The lowest BCUT2D eigenvalue weighted by Crippen LogP contribution is -2.38. The number of methoxy groups -OCH3 is 1. The van der Waals surface area contributed by atoms with Crippen molar-refractivity contribution in [3.05, 3.63) is 29.8 Å². The van der Waals surface area contributed by atoms with Crippen molar-refractivity contribution in [1.82, 2.24) is 4.72 Å². The number of nitrogens with one attached hydrogen (secondary N) is 1. The van der Waals surface area contributed by atoms with E-state index in [9.17, 15) is 8.42 Å². The van der Waals surface area contributed by atoms with Crippen LogP contribution in [0, 0.1) is 0 Å². The van der Waals surface area contributed by atoms with Crippen molar-refractivity contribution in [2.45, 2.75) is 43.5 Å². The molecule has 0 spiro atoms. The van der Waals surface area contributed by atoms with E-state index in [2.05, 4.69) is 25.5 Å². The van der Waals surface area contributed by atoms with Crippen LogP contribution in [0.1, 0.15) is 32.8 Å². The number of sulfonamides is 1. The van der Waals surface area contributed by atoms with Crippen LogP contribution in [-0.2, 0) is 20.2 Å². The second-order valence-corrected chi connectivity index (χ2v) is 7.77. The minimum atomic E-state index is -3.61. The molecule has 0 aliphatic carbocycles. The van der Waals surface area contributed by atoms with Gasteiger partial charge in [0, 0.05) is 19.8 Å². The van der Waals surface area contributed by atoms with Gasteiger partial charge in [0.05, 0.1) is 11.5 Å². The molecule has 21 heavy (non-hydrogen) atoms. The summed E-state index contributed by atoms with van der Waals surface area (Å²) < 4.78 is 32.1. The molecule has 0 heterocycles. The highest BCUT2D eigenvalue weighted by molar-refractivity contribution is 7.89. The highest BCUT2D eigenvalue weighted by Crippen LogP contribution is 2.23. The van der Waals surface area contributed by atoms with Crippen molar-refractivity contribution in [3.63, 3.8) is 0 Å². The van der Waals surface area contributed by atoms with E-state index in [1.807, 2.05) is 12.1 Å². The number of aliphatic hydroxyl groups excluding tert-OH is 1. The van der Waals surface area contributed by atoms with Gasteiger partial charge >= 0.3 is 0 Å². The summed E-state index contributed by atoms with van der Waals surface area (Å²) in [5.74, 6) is 0. The molecule has 0 aliphatic heterocycles. The number of aliphatic hydroxyl groups is 1. The summed E-state index contributed by atoms with van der Waals surface area (Å²) in [5.41, 5.74) is 1.05. The van der Waals surface area contributed by atoms with Gasteiger partial charge in [-0.3, -0.25) is 0 Å². The van der Waals surface area contributed by atoms with E-state index in [0.29, 0.717) is 6.42 Å². The molecule has 0 saturated carbocycles. The first kappa shape index (κ1) is 18.1. The van der Waals surface area contributed by atoms with Crippen LogP contribution in [0.2, 0.25) is 0 Å². The van der Waals surface area contributed by atoms with Crippen LogP contribution in [0.25, 0.3) is 0 Å². The second kappa shape index (κ2) is 7.35. The lowest BCUT2D eigenvalue weighted by atomic mass is 9.87. The average molecular weight is 315 g/mol. The van der Waals surface area contributed by atoms with Gasteiger partial charge in [0.25, 0.3) is 0 Å². The third-order valence-electron chi connectivity index (χ3n) is 3.20. The first-order chi connectivity index (χ1) is 9.70. The Hall–Kier alpha value is -0.950. The number of ether oxygens (including phenoxy) is 1. The molecule has 1 atom stereocenters. The summed E-state index contributed by atoms with van der Waals surface area (Å²) in [6.45, 7) is 6.35. The monoisotopic (exact) mass is 315 g/mol. The summed E-state index contributed by atoms with van der Waals surface area (Å²) in [4.78, 5) is 0.217. The fourth-order valence-corrected chi connectivity index (χ4v) is 3.21. The lowest BCUT2D eigenvalue weighted by molar-refractivity contribution is 0.158. The van der Waals surface area contributed by atoms with Crippen molar-refractivity contribution in [2.75, 3.05) is 20.3 Å². The molecule has 0 aromatic heterocycles. The van der Waals surface area contributed by atoms with Crippen LogP contribution >= 0.6 is 0 Å². The zero-order valence-corrected chi connectivity index (χ0v) is 13.9. The number of benzene rings is 1. The first-order valence-electron chi connectivity index (χ1n) is 6.93. The minimum absolute atomic E-state index is 0.0226. The predicted molar refractivity (Wildman–Crippen MR) is 82.8 cm³/mol. The maximum absolute atomic E-state index is 12.3. The Morgan fingerprint density at radius 2 is 1.81 bits per heavy atom. The molecule has 0 bridgehead atoms. The molecule has 2 N–H and O–H groups in total. The van der Waals surface area contributed by atoms with Crippen molar-refractivity contribution in [1.29, 1.82) is 0 Å². The smallest absolute Gasteiger partial charge is 0.240 e. The fourth-order valence-electron chi connectivity index (χ4n) is 1.95. The molecule has 120 valence electrons. The molecule has 6 heteroatoms. The molecule has 0 radical (unpaired) electrons. The number of rotatable bonds is 7. The predicted octanol–water partition coefficient (Wildman–Crippen LogP) is 1.66. The average Bonchev–Trinajstić information content (AvgIpc) is 2.38. The van der Waals surface area contributed by atoms with E-state index in [4.69, 9.17) is 9.84 Å². The van der Waals surface area contributed by atoms with E-state index >= 15 is 0 Å². The maximum Gasteiger partial charge on any atom is 0.240 e.